The van der Waals surface area contributed by atoms with Crippen molar-refractivity contribution in [1.29, 1.82) is 0 Å². The molecule has 0 atom stereocenters. The van der Waals surface area contributed by atoms with Crippen LogP contribution in [0.3, 0.4) is 0 Å². The maximum Gasteiger partial charge on any atom is 0.225 e. The number of aromatic nitrogens is 2. The van der Waals surface area contributed by atoms with Gasteiger partial charge >= 0.3 is 0 Å². The molecule has 2 N–H and O–H groups in total. The normalized spacial score (nSPS) is 10.4. The zero-order valence-corrected chi connectivity index (χ0v) is 17.4. The molecule has 0 fully saturated rings. The van der Waals surface area contributed by atoms with E-state index in [0.29, 0.717) is 35.6 Å². The van der Waals surface area contributed by atoms with Gasteiger partial charge in [0.15, 0.2) is 11.5 Å². The highest BCUT2D eigenvalue weighted by atomic mass is 16.5. The topological polar surface area (TPSA) is 77.5 Å². The Balaban J connectivity index is 1.82. The molecule has 0 aliphatic carbocycles. The van der Waals surface area contributed by atoms with Crippen LogP contribution in [0.5, 0.6) is 17.2 Å². The first-order chi connectivity index (χ1) is 14.0. The van der Waals surface area contributed by atoms with Crippen molar-refractivity contribution in [1.82, 2.24) is 9.97 Å². The smallest absolute Gasteiger partial charge is 0.225 e. The van der Waals surface area contributed by atoms with E-state index in [2.05, 4.69) is 39.7 Å². The Morgan fingerprint density at radius 2 is 1.55 bits per heavy atom. The van der Waals surface area contributed by atoms with E-state index >= 15 is 0 Å². The Morgan fingerprint density at radius 3 is 2.17 bits per heavy atom. The minimum Gasteiger partial charge on any atom is -0.493 e. The van der Waals surface area contributed by atoms with Crippen LogP contribution in [0.15, 0.2) is 42.5 Å². The van der Waals surface area contributed by atoms with Crippen molar-refractivity contribution in [3.8, 4) is 17.2 Å². The highest BCUT2D eigenvalue weighted by Crippen LogP contribution is 2.40. The number of rotatable bonds is 8. The number of hydrogen-bond acceptors (Lipinski definition) is 7. The molecule has 29 heavy (non-hydrogen) atoms. The lowest BCUT2D eigenvalue weighted by Crippen LogP contribution is -2.07. The van der Waals surface area contributed by atoms with Crippen molar-refractivity contribution < 1.29 is 14.2 Å². The predicted octanol–water partition coefficient (Wildman–Crippen LogP) is 4.47. The summed E-state index contributed by atoms with van der Waals surface area (Å²) in [6.45, 7) is 4.67. The summed E-state index contributed by atoms with van der Waals surface area (Å²) in [5.74, 6) is 2.90. The van der Waals surface area contributed by atoms with Crippen LogP contribution in [0.25, 0.3) is 0 Å². The van der Waals surface area contributed by atoms with Gasteiger partial charge in [-0.15, -0.1) is 0 Å². The van der Waals surface area contributed by atoms with E-state index in [4.69, 9.17) is 14.2 Å². The molecule has 7 heteroatoms. The van der Waals surface area contributed by atoms with Crippen LogP contribution < -0.4 is 24.8 Å². The third kappa shape index (κ3) is 4.87. The number of aryl methyl sites for hydroxylation is 2. The standard InChI is InChI=1S/C22H26N4O3/c1-14-8-6-7-9-16(14)13-23-22-24-15(2)10-20(26-22)25-17-11-18(27-3)21(29-5)19(12-17)28-4/h6-12H,13H2,1-5H3,(H2,23,24,25,26). The van der Waals surface area contributed by atoms with E-state index in [1.165, 1.54) is 11.1 Å². The summed E-state index contributed by atoms with van der Waals surface area (Å²) >= 11 is 0. The molecule has 0 aliphatic rings. The number of ether oxygens (including phenoxy) is 3. The molecule has 7 nitrogen and oxygen atoms in total. The lowest BCUT2D eigenvalue weighted by Gasteiger charge is -2.15. The Kier molecular flexibility index (Phi) is 6.39. The van der Waals surface area contributed by atoms with Gasteiger partial charge in [0.25, 0.3) is 0 Å². The lowest BCUT2D eigenvalue weighted by atomic mass is 10.1. The molecule has 1 aromatic heterocycles. The number of hydrogen-bond donors (Lipinski definition) is 2. The molecule has 2 aromatic carbocycles. The van der Waals surface area contributed by atoms with Gasteiger partial charge in [-0.1, -0.05) is 24.3 Å². The molecule has 1 heterocycles. The summed E-state index contributed by atoms with van der Waals surface area (Å²) in [6, 6.07) is 13.8. The van der Waals surface area contributed by atoms with Crippen LogP contribution in [0.2, 0.25) is 0 Å². The predicted molar refractivity (Wildman–Crippen MR) is 115 cm³/mol. The van der Waals surface area contributed by atoms with Gasteiger partial charge in [0.05, 0.1) is 21.3 Å². The van der Waals surface area contributed by atoms with Crippen molar-refractivity contribution in [2.45, 2.75) is 20.4 Å². The highest BCUT2D eigenvalue weighted by molar-refractivity contribution is 5.67. The van der Waals surface area contributed by atoms with E-state index in [-0.39, 0.29) is 0 Å². The largest absolute Gasteiger partial charge is 0.493 e. The molecule has 0 radical (unpaired) electrons. The molecule has 3 aromatic rings. The lowest BCUT2D eigenvalue weighted by molar-refractivity contribution is 0.324. The number of methoxy groups -OCH3 is 3. The van der Waals surface area contributed by atoms with Crippen molar-refractivity contribution in [2.24, 2.45) is 0 Å². The number of nitrogens with one attached hydrogen (secondary N) is 2. The molecule has 3 rings (SSSR count). The highest BCUT2D eigenvalue weighted by Gasteiger charge is 2.14. The van der Waals surface area contributed by atoms with Crippen LogP contribution in [-0.2, 0) is 6.54 Å². The van der Waals surface area contributed by atoms with Gasteiger partial charge < -0.3 is 24.8 Å². The average Bonchev–Trinajstić information content (AvgIpc) is 2.72. The zero-order chi connectivity index (χ0) is 20.8. The maximum absolute atomic E-state index is 5.41. The van der Waals surface area contributed by atoms with Gasteiger partial charge in [-0.05, 0) is 25.0 Å². The van der Waals surface area contributed by atoms with Crippen LogP contribution in [0.4, 0.5) is 17.5 Å². The molecule has 152 valence electrons. The Labute approximate surface area is 171 Å². The third-order valence-electron chi connectivity index (χ3n) is 4.49. The van der Waals surface area contributed by atoms with Crippen LogP contribution >= 0.6 is 0 Å². The average molecular weight is 394 g/mol. The molecule has 0 saturated carbocycles. The second-order valence-corrected chi connectivity index (χ2v) is 6.54. The maximum atomic E-state index is 5.41. The van der Waals surface area contributed by atoms with Gasteiger partial charge in [0.1, 0.15) is 5.82 Å². The van der Waals surface area contributed by atoms with E-state index < -0.39 is 0 Å². The monoisotopic (exact) mass is 394 g/mol. The van der Waals surface area contributed by atoms with Gasteiger partial charge in [-0.2, -0.15) is 4.98 Å². The minimum atomic E-state index is 0.542. The van der Waals surface area contributed by atoms with E-state index in [1.54, 1.807) is 21.3 Å². The fourth-order valence-corrected chi connectivity index (χ4v) is 3.00. The molecular weight excluding hydrogens is 368 g/mol. The molecule has 0 bridgehead atoms. The molecule has 0 saturated heterocycles. The first-order valence-corrected chi connectivity index (χ1v) is 9.25. The van der Waals surface area contributed by atoms with Crippen LogP contribution in [-0.4, -0.2) is 31.3 Å². The van der Waals surface area contributed by atoms with Gasteiger partial charge in [0, 0.05) is 36.1 Å². The number of benzene rings is 2. The third-order valence-corrected chi connectivity index (χ3v) is 4.49. The molecule has 0 spiro atoms. The molecular formula is C22H26N4O3. The SMILES string of the molecule is COc1cc(Nc2cc(C)nc(NCc3ccccc3C)n2)cc(OC)c1OC. The number of anilines is 3. The fraction of sp³-hybridized carbons (Fsp3) is 0.273. The summed E-state index contributed by atoms with van der Waals surface area (Å²) in [7, 11) is 4.75. The Hall–Kier alpha value is -3.48. The number of nitrogens with zero attached hydrogens (tertiary/aromatic N) is 2. The van der Waals surface area contributed by atoms with Crippen molar-refractivity contribution in [3.63, 3.8) is 0 Å². The summed E-state index contributed by atoms with van der Waals surface area (Å²) in [4.78, 5) is 9.06. The minimum absolute atomic E-state index is 0.542. The first kappa shape index (κ1) is 20.3. The quantitative estimate of drug-likeness (QED) is 0.583. The molecule has 0 unspecified atom stereocenters. The van der Waals surface area contributed by atoms with Gasteiger partial charge in [-0.25, -0.2) is 4.98 Å². The van der Waals surface area contributed by atoms with Crippen molar-refractivity contribution in [3.05, 3.63) is 59.3 Å². The van der Waals surface area contributed by atoms with Crippen LogP contribution in [0.1, 0.15) is 16.8 Å². The van der Waals surface area contributed by atoms with Crippen LogP contribution in [0, 0.1) is 13.8 Å². The summed E-state index contributed by atoms with van der Waals surface area (Å²) < 4.78 is 16.2. The summed E-state index contributed by atoms with van der Waals surface area (Å²) in [6.07, 6.45) is 0. The second kappa shape index (κ2) is 9.14. The fourth-order valence-electron chi connectivity index (χ4n) is 3.00. The van der Waals surface area contributed by atoms with Crippen molar-refractivity contribution in [2.75, 3.05) is 32.0 Å². The zero-order valence-electron chi connectivity index (χ0n) is 17.4. The van der Waals surface area contributed by atoms with E-state index in [0.717, 1.165) is 11.4 Å². The van der Waals surface area contributed by atoms with Gasteiger partial charge in [0.2, 0.25) is 11.7 Å². The second-order valence-electron chi connectivity index (χ2n) is 6.54. The summed E-state index contributed by atoms with van der Waals surface area (Å²) in [5.41, 5.74) is 4.05. The van der Waals surface area contributed by atoms with E-state index in [9.17, 15) is 0 Å². The summed E-state index contributed by atoms with van der Waals surface area (Å²) in [5, 5.41) is 6.59. The molecule has 0 aliphatic heterocycles. The van der Waals surface area contributed by atoms with Crippen molar-refractivity contribution >= 4 is 17.5 Å². The van der Waals surface area contributed by atoms with E-state index in [1.807, 2.05) is 37.3 Å². The first-order valence-electron chi connectivity index (χ1n) is 9.25. The Morgan fingerprint density at radius 1 is 0.862 bits per heavy atom. The Bertz CT molecular complexity index is 967. The molecule has 0 amide bonds. The van der Waals surface area contributed by atoms with Gasteiger partial charge in [-0.3, -0.25) is 0 Å².